The third-order valence-electron chi connectivity index (χ3n) is 3.23. The summed E-state index contributed by atoms with van der Waals surface area (Å²) in [6.45, 7) is 0. The van der Waals surface area contributed by atoms with Gasteiger partial charge >= 0.3 is 6.03 Å². The van der Waals surface area contributed by atoms with Crippen molar-refractivity contribution in [2.24, 2.45) is 0 Å². The lowest BCUT2D eigenvalue weighted by Gasteiger charge is -2.06. The summed E-state index contributed by atoms with van der Waals surface area (Å²) in [5.74, 6) is 0.0286. The highest BCUT2D eigenvalue weighted by Crippen LogP contribution is 2.22. The normalized spacial score (nSPS) is 10.4. The molecule has 0 atom stereocenters. The number of amides is 2. The van der Waals surface area contributed by atoms with Crippen molar-refractivity contribution in [2.45, 2.75) is 0 Å². The standard InChI is InChI=1S/C16H11ClN2O3/c17-22-13-6-7-14-12(10-13)8-9-19(14)16(21)18-15(20)11-4-2-1-3-5-11/h1-10H,(H,18,20,21). The van der Waals surface area contributed by atoms with Crippen LogP contribution in [-0.4, -0.2) is 16.5 Å². The minimum absolute atomic E-state index is 0.421. The van der Waals surface area contributed by atoms with Crippen LogP contribution in [0.4, 0.5) is 4.79 Å². The summed E-state index contributed by atoms with van der Waals surface area (Å²) in [5, 5.41) is 3.13. The average Bonchev–Trinajstić information content (AvgIpc) is 2.98. The van der Waals surface area contributed by atoms with E-state index in [2.05, 4.69) is 9.61 Å². The molecule has 5 nitrogen and oxygen atoms in total. The Morgan fingerprint density at radius 2 is 1.82 bits per heavy atom. The number of nitrogens with zero attached hydrogens (tertiary/aromatic N) is 1. The number of hydrogen-bond acceptors (Lipinski definition) is 3. The van der Waals surface area contributed by atoms with Gasteiger partial charge in [0.1, 0.15) is 17.6 Å². The molecule has 1 aromatic heterocycles. The highest BCUT2D eigenvalue weighted by Gasteiger charge is 2.13. The van der Waals surface area contributed by atoms with Gasteiger partial charge in [-0.15, -0.1) is 0 Å². The van der Waals surface area contributed by atoms with Gasteiger partial charge < -0.3 is 4.29 Å². The van der Waals surface area contributed by atoms with Crippen LogP contribution in [0.2, 0.25) is 0 Å². The van der Waals surface area contributed by atoms with Crippen LogP contribution in [0.1, 0.15) is 10.4 Å². The zero-order valence-electron chi connectivity index (χ0n) is 11.3. The summed E-state index contributed by atoms with van der Waals surface area (Å²) in [5.41, 5.74) is 1.07. The van der Waals surface area contributed by atoms with E-state index in [0.29, 0.717) is 16.8 Å². The van der Waals surface area contributed by atoms with E-state index in [1.165, 1.54) is 4.57 Å². The molecule has 1 heterocycles. The minimum Gasteiger partial charge on any atom is -0.386 e. The van der Waals surface area contributed by atoms with Crippen molar-refractivity contribution < 1.29 is 13.9 Å². The van der Waals surface area contributed by atoms with Crippen LogP contribution in [0.5, 0.6) is 5.75 Å². The quantitative estimate of drug-likeness (QED) is 0.786. The highest BCUT2D eigenvalue weighted by atomic mass is 35.5. The van der Waals surface area contributed by atoms with Crippen LogP contribution in [0, 0.1) is 0 Å². The SMILES string of the molecule is O=C(NC(=O)n1ccc2cc(OCl)ccc21)c1ccccc1. The summed E-state index contributed by atoms with van der Waals surface area (Å²) in [6, 6.07) is 14.8. The summed E-state index contributed by atoms with van der Waals surface area (Å²) in [4.78, 5) is 24.2. The minimum atomic E-state index is -0.525. The van der Waals surface area contributed by atoms with E-state index >= 15 is 0 Å². The number of carbonyl (C=O) groups is 2. The van der Waals surface area contributed by atoms with Gasteiger partial charge in [0, 0.05) is 17.1 Å². The largest absolute Gasteiger partial charge is 0.386 e. The topological polar surface area (TPSA) is 60.3 Å². The Morgan fingerprint density at radius 1 is 1.05 bits per heavy atom. The Morgan fingerprint density at radius 3 is 2.55 bits per heavy atom. The van der Waals surface area contributed by atoms with E-state index < -0.39 is 11.9 Å². The van der Waals surface area contributed by atoms with Crippen molar-refractivity contribution in [3.05, 3.63) is 66.4 Å². The predicted octanol–water partition coefficient (Wildman–Crippen LogP) is 3.57. The molecule has 6 heteroatoms. The van der Waals surface area contributed by atoms with Crippen LogP contribution < -0.4 is 9.61 Å². The van der Waals surface area contributed by atoms with Gasteiger partial charge in [-0.05, 0) is 36.4 Å². The van der Waals surface area contributed by atoms with Gasteiger partial charge in [0.05, 0.1) is 5.52 Å². The van der Waals surface area contributed by atoms with Crippen LogP contribution in [0.25, 0.3) is 10.9 Å². The maximum atomic E-state index is 12.2. The van der Waals surface area contributed by atoms with E-state index in [-0.39, 0.29) is 0 Å². The molecule has 3 rings (SSSR count). The van der Waals surface area contributed by atoms with Crippen LogP contribution >= 0.6 is 11.9 Å². The first-order valence-electron chi connectivity index (χ1n) is 6.49. The zero-order chi connectivity index (χ0) is 15.5. The summed E-state index contributed by atoms with van der Waals surface area (Å²) in [7, 11) is 0. The number of halogens is 1. The second-order valence-corrected chi connectivity index (χ2v) is 4.76. The Labute approximate surface area is 131 Å². The molecule has 0 aliphatic carbocycles. The fourth-order valence-electron chi connectivity index (χ4n) is 2.16. The Hall–Kier alpha value is -2.79. The molecule has 110 valence electrons. The van der Waals surface area contributed by atoms with Gasteiger partial charge in [-0.25, -0.2) is 4.79 Å². The molecule has 0 spiro atoms. The van der Waals surface area contributed by atoms with Gasteiger partial charge in [0.15, 0.2) is 0 Å². The molecule has 0 aliphatic heterocycles. The molecule has 0 saturated carbocycles. The second-order valence-electron chi connectivity index (χ2n) is 4.61. The van der Waals surface area contributed by atoms with Crippen molar-refractivity contribution >= 4 is 34.7 Å². The van der Waals surface area contributed by atoms with E-state index in [9.17, 15) is 9.59 Å². The molecule has 3 aromatic rings. The van der Waals surface area contributed by atoms with Crippen LogP contribution in [-0.2, 0) is 0 Å². The fourth-order valence-corrected chi connectivity index (χ4v) is 2.26. The van der Waals surface area contributed by atoms with Crippen LogP contribution in [0.3, 0.4) is 0 Å². The maximum Gasteiger partial charge on any atom is 0.332 e. The van der Waals surface area contributed by atoms with Crippen LogP contribution in [0.15, 0.2) is 60.8 Å². The van der Waals surface area contributed by atoms with Crippen molar-refractivity contribution in [2.75, 3.05) is 0 Å². The summed E-state index contributed by atoms with van der Waals surface area (Å²) in [6.07, 6.45) is 1.58. The Bertz CT molecular complexity index is 843. The number of nitrogens with one attached hydrogen (secondary N) is 1. The summed E-state index contributed by atoms with van der Waals surface area (Å²) < 4.78 is 5.98. The Balaban J connectivity index is 1.85. The van der Waals surface area contributed by atoms with Crippen molar-refractivity contribution in [3.8, 4) is 5.75 Å². The van der Waals surface area contributed by atoms with Crippen molar-refractivity contribution in [1.82, 2.24) is 9.88 Å². The van der Waals surface area contributed by atoms with Crippen molar-refractivity contribution in [1.29, 1.82) is 0 Å². The number of fused-ring (bicyclic) bond motifs is 1. The maximum absolute atomic E-state index is 12.2. The van der Waals surface area contributed by atoms with E-state index in [0.717, 1.165) is 5.39 Å². The highest BCUT2D eigenvalue weighted by molar-refractivity contribution is 6.09. The first-order valence-corrected chi connectivity index (χ1v) is 6.80. The molecular weight excluding hydrogens is 304 g/mol. The number of imide groups is 1. The second kappa shape index (κ2) is 5.91. The van der Waals surface area contributed by atoms with E-state index in [4.69, 9.17) is 11.9 Å². The third-order valence-corrected chi connectivity index (χ3v) is 3.40. The predicted molar refractivity (Wildman–Crippen MR) is 83.1 cm³/mol. The Kier molecular flexibility index (Phi) is 3.80. The lowest BCUT2D eigenvalue weighted by molar-refractivity contribution is 0.0964. The molecule has 0 aliphatic rings. The van der Waals surface area contributed by atoms with Gasteiger partial charge in [-0.3, -0.25) is 14.7 Å². The third kappa shape index (κ3) is 2.66. The summed E-state index contributed by atoms with van der Waals surface area (Å²) >= 11 is 5.30. The molecule has 0 radical (unpaired) electrons. The lowest BCUT2D eigenvalue weighted by atomic mass is 10.2. The van der Waals surface area contributed by atoms with E-state index in [1.807, 2.05) is 0 Å². The molecule has 0 unspecified atom stereocenters. The lowest BCUT2D eigenvalue weighted by Crippen LogP contribution is -2.33. The van der Waals surface area contributed by atoms with E-state index in [1.54, 1.807) is 60.8 Å². The smallest absolute Gasteiger partial charge is 0.332 e. The molecule has 2 amide bonds. The number of hydrogen-bond donors (Lipinski definition) is 1. The number of benzene rings is 2. The fraction of sp³-hybridized carbons (Fsp3) is 0. The molecule has 22 heavy (non-hydrogen) atoms. The number of rotatable bonds is 2. The molecule has 0 bridgehead atoms. The van der Waals surface area contributed by atoms with Gasteiger partial charge in [-0.1, -0.05) is 18.2 Å². The average molecular weight is 315 g/mol. The molecular formula is C16H11ClN2O3. The zero-order valence-corrected chi connectivity index (χ0v) is 12.1. The molecule has 2 aromatic carbocycles. The van der Waals surface area contributed by atoms with Gasteiger partial charge in [0.25, 0.3) is 5.91 Å². The molecule has 0 fully saturated rings. The number of carbonyl (C=O) groups excluding carboxylic acids is 2. The van der Waals surface area contributed by atoms with Gasteiger partial charge in [-0.2, -0.15) is 0 Å². The first-order chi connectivity index (χ1) is 10.7. The number of aromatic nitrogens is 1. The molecule has 1 N–H and O–H groups in total. The van der Waals surface area contributed by atoms with Gasteiger partial charge in [0.2, 0.25) is 0 Å². The van der Waals surface area contributed by atoms with Crippen molar-refractivity contribution in [3.63, 3.8) is 0 Å². The monoisotopic (exact) mass is 314 g/mol. The first kappa shape index (κ1) is 14.2. The molecule has 0 saturated heterocycles.